The van der Waals surface area contributed by atoms with Crippen LogP contribution in [0, 0.1) is 23.7 Å². The van der Waals surface area contributed by atoms with Crippen molar-refractivity contribution >= 4 is 118 Å². The van der Waals surface area contributed by atoms with Gasteiger partial charge in [-0.1, -0.05) is 80.4 Å². The number of primary amides is 1. The molecule has 0 spiro atoms. The summed E-state index contributed by atoms with van der Waals surface area (Å²) in [4.78, 5) is 234. The highest BCUT2D eigenvalue weighted by Crippen LogP contribution is 2.23. The van der Waals surface area contributed by atoms with Gasteiger partial charge in [-0.2, -0.15) is 23.5 Å². The molecule has 125 heavy (non-hydrogen) atoms. The monoisotopic (exact) mass is 1810 g/mol. The van der Waals surface area contributed by atoms with Gasteiger partial charge in [0.1, 0.15) is 89.6 Å². The second-order valence-electron chi connectivity index (χ2n) is 33.4. The number of aromatic amines is 1. The van der Waals surface area contributed by atoms with Crippen molar-refractivity contribution < 1.29 is 86.9 Å². The Morgan fingerprint density at radius 3 is 1.38 bits per heavy atom. The van der Waals surface area contributed by atoms with Crippen molar-refractivity contribution in [1.29, 1.82) is 0 Å². The number of unbranched alkanes of at least 4 members (excludes halogenated alkanes) is 3. The van der Waals surface area contributed by atoms with Gasteiger partial charge in [-0.25, -0.2) is 4.98 Å². The summed E-state index contributed by atoms with van der Waals surface area (Å²) in [5.41, 5.74) is 25.8. The molecule has 1 aliphatic heterocycles. The number of amides is 16. The summed E-state index contributed by atoms with van der Waals surface area (Å²) < 4.78 is 0. The van der Waals surface area contributed by atoms with Gasteiger partial charge in [0.25, 0.3) is 0 Å². The highest BCUT2D eigenvalue weighted by Gasteiger charge is 2.44. The molecular formula is C83H148N22O18S2. The van der Waals surface area contributed by atoms with E-state index in [1.54, 1.807) is 67.9 Å². The second kappa shape index (κ2) is 59.8. The highest BCUT2D eigenvalue weighted by molar-refractivity contribution is 7.98. The largest absolute Gasteiger partial charge is 0.394 e. The lowest BCUT2D eigenvalue weighted by Crippen LogP contribution is -2.65. The van der Waals surface area contributed by atoms with E-state index in [0.29, 0.717) is 82.2 Å². The molecule has 0 aromatic carbocycles. The van der Waals surface area contributed by atoms with Gasteiger partial charge < -0.3 is 124 Å². The van der Waals surface area contributed by atoms with Gasteiger partial charge in [0.2, 0.25) is 94.5 Å². The van der Waals surface area contributed by atoms with E-state index in [1.165, 1.54) is 56.8 Å². The third-order valence-corrected chi connectivity index (χ3v) is 23.0. The van der Waals surface area contributed by atoms with Gasteiger partial charge in [0, 0.05) is 18.3 Å². The number of aliphatic hydroxyl groups excluding tert-OH is 2. The fourth-order valence-electron chi connectivity index (χ4n) is 13.6. The quantitative estimate of drug-likeness (QED) is 0.0236. The zero-order valence-corrected chi connectivity index (χ0v) is 77.0. The molecule has 42 heteroatoms. The van der Waals surface area contributed by atoms with Crippen LogP contribution in [0.2, 0.25) is 0 Å². The van der Waals surface area contributed by atoms with Crippen molar-refractivity contribution in [2.45, 2.75) is 307 Å². The van der Waals surface area contributed by atoms with Crippen molar-refractivity contribution in [2.75, 3.05) is 63.4 Å². The van der Waals surface area contributed by atoms with E-state index in [4.69, 9.17) is 28.7 Å². The lowest BCUT2D eigenvalue weighted by molar-refractivity contribution is -0.139. The number of nitrogens with two attached hydrogens (primary N) is 5. The maximum atomic E-state index is 15.1. The number of imidazole rings is 1. The SMILES string of the molecule is CC[C@H](C)[C@H](NC(=O)CN)C(=O)N[C@@H](CCSC)C(=O)N[C@@H](CO)C(=O)N[C@@H](CO)C(=O)N[C@@H](CC(C)C)C(=O)N[C@@H](CCSC)C(=O)N[C@@H](CCCCN)C(=O)N[C@@H](CCCCN)C(=O)N[C@@H](CC(C)C)C(=O)N[C@@]1(C)CCC/C=C\CCC[C@@](C)(C(=O)N[C@@H](CCCCN)C(N)=O)NC(=O)[C@H]([C@@H](C)CC)NC(=O)[C@H](Cc2cnc[nH]2)NC(=O)[C@H](C)NC1=O. The number of H-pyrrole nitrogens is 1. The van der Waals surface area contributed by atoms with Crippen LogP contribution in [0.25, 0.3) is 0 Å². The van der Waals surface area contributed by atoms with E-state index in [-0.39, 0.29) is 114 Å². The Morgan fingerprint density at radius 1 is 0.520 bits per heavy atom. The van der Waals surface area contributed by atoms with E-state index in [1.807, 2.05) is 12.2 Å². The molecule has 0 aliphatic carbocycles. The molecule has 17 atom stereocenters. The minimum absolute atomic E-state index is 0.00138. The van der Waals surface area contributed by atoms with Crippen LogP contribution in [0.1, 0.15) is 217 Å². The van der Waals surface area contributed by atoms with E-state index in [9.17, 15) is 82.1 Å². The molecule has 0 saturated heterocycles. The van der Waals surface area contributed by atoms with E-state index < -0.39 is 210 Å². The highest BCUT2D eigenvalue weighted by atomic mass is 32.2. The van der Waals surface area contributed by atoms with Gasteiger partial charge in [-0.15, -0.1) is 0 Å². The Kier molecular flexibility index (Phi) is 53.6. The summed E-state index contributed by atoms with van der Waals surface area (Å²) in [5.74, 6) is -14.1. The Labute approximate surface area is 744 Å². The third-order valence-electron chi connectivity index (χ3n) is 21.8. The maximum absolute atomic E-state index is 15.1. The molecule has 28 N–H and O–H groups in total. The molecule has 0 fully saturated rings. The molecule has 2 rings (SSSR count). The summed E-state index contributed by atoms with van der Waals surface area (Å²) in [6.07, 6.45) is 14.5. The molecule has 2 heterocycles. The standard InChI is InChI=1S/C83H148N22O18S2/c1-14-50(7)65(102-64(108)43-87)78(120)95-58(32-39-125-13)72(114)99-63(46-107)76(118)100-62(45-106)75(117)97-59(40-48(3)4)73(115)94-57(31-38-124-12)71(113)93-55(29-21-26-36-85)69(111)92-56(30-22-27-37-86)70(112)98-60(41-49(5)6)77(119)104-82(10)33-23-18-16-17-19-24-34-83(11,81(123)101-54(67(88)109)28-20-25-35-84)105-79(121)66(51(8)15-2)103-74(116)61(42-53-44-89-47-90-53)96-68(110)52(9)91-80(82)122/h16-17,44,47-52,54-63,65-66,106-107H,14-15,18-43,45-46,84-87H2,1-13H3,(H2,88,109)(H,89,90)(H,91,122)(H,92,111)(H,93,113)(H,94,115)(H,95,120)(H,96,110)(H,97,117)(H,98,112)(H,99,114)(H,100,118)(H,101,123)(H,102,108)(H,103,116)(H,104,119)(H,105,121)/b17-16-/t50-,51-,52-,54-,55-,56-,57-,58-,59-,60-,61-,62-,63-,65-,66-,82-,83-/m0/s1. The number of nitrogens with one attached hydrogen (secondary N) is 16. The van der Waals surface area contributed by atoms with Gasteiger partial charge in [-0.05, 0) is 210 Å². The molecule has 1 aromatic heterocycles. The van der Waals surface area contributed by atoms with Crippen molar-refractivity contribution in [3.8, 4) is 0 Å². The smallest absolute Gasteiger partial charge is 0.246 e. The molecule has 40 nitrogen and oxygen atoms in total. The van der Waals surface area contributed by atoms with Crippen LogP contribution in [0.5, 0.6) is 0 Å². The number of rotatable bonds is 53. The van der Waals surface area contributed by atoms with Crippen LogP contribution in [0.15, 0.2) is 24.7 Å². The first-order valence-corrected chi connectivity index (χ1v) is 46.5. The molecule has 0 bridgehead atoms. The second-order valence-corrected chi connectivity index (χ2v) is 35.4. The predicted molar refractivity (Wildman–Crippen MR) is 478 cm³/mol. The van der Waals surface area contributed by atoms with Crippen LogP contribution in [0.4, 0.5) is 0 Å². The number of thioether (sulfide) groups is 2. The van der Waals surface area contributed by atoms with Gasteiger partial charge in [0.05, 0.1) is 26.1 Å². The summed E-state index contributed by atoms with van der Waals surface area (Å²) >= 11 is 2.68. The molecule has 16 amide bonds. The molecule has 0 radical (unpaired) electrons. The maximum Gasteiger partial charge on any atom is 0.246 e. The Balaban J connectivity index is 2.62. The lowest BCUT2D eigenvalue weighted by atomic mass is 9.90. The van der Waals surface area contributed by atoms with Crippen LogP contribution >= 0.6 is 23.5 Å². The van der Waals surface area contributed by atoms with Crippen LogP contribution < -0.4 is 108 Å². The number of allylic oxidation sites excluding steroid dienone is 2. The number of carbonyl (C=O) groups excluding carboxylic acids is 16. The average molecular weight is 1810 g/mol. The van der Waals surface area contributed by atoms with E-state index in [0.717, 1.165) is 0 Å². The van der Waals surface area contributed by atoms with Gasteiger partial charge in [-0.3, -0.25) is 76.7 Å². The van der Waals surface area contributed by atoms with E-state index in [2.05, 4.69) is 89.7 Å². The van der Waals surface area contributed by atoms with Crippen molar-refractivity contribution in [2.24, 2.45) is 52.3 Å². The van der Waals surface area contributed by atoms with Gasteiger partial charge >= 0.3 is 0 Å². The molecule has 0 saturated carbocycles. The van der Waals surface area contributed by atoms with Crippen molar-refractivity contribution in [3.05, 3.63) is 30.4 Å². The first-order valence-electron chi connectivity index (χ1n) is 43.7. The topological polar surface area (TPSA) is 653 Å². The Hall–Kier alpha value is -9.07. The number of carbonyl (C=O) groups is 16. The van der Waals surface area contributed by atoms with Crippen molar-refractivity contribution in [1.82, 2.24) is 89.7 Å². The minimum Gasteiger partial charge on any atom is -0.394 e. The number of aliphatic hydroxyl groups is 2. The number of hydrogen-bond acceptors (Lipinski definition) is 25. The molecule has 0 unspecified atom stereocenters. The van der Waals surface area contributed by atoms with Crippen molar-refractivity contribution in [3.63, 3.8) is 0 Å². The number of nitrogens with zero attached hydrogens (tertiary/aromatic N) is 1. The third kappa shape index (κ3) is 40.6. The average Bonchev–Trinajstić information content (AvgIpc) is 1.08. The van der Waals surface area contributed by atoms with Crippen LogP contribution in [-0.2, 0) is 83.1 Å². The van der Waals surface area contributed by atoms with E-state index >= 15 is 4.79 Å². The zero-order valence-electron chi connectivity index (χ0n) is 75.4. The van der Waals surface area contributed by atoms with Crippen LogP contribution in [-0.4, -0.2) is 268 Å². The number of aromatic nitrogens is 2. The molecule has 710 valence electrons. The predicted octanol–water partition coefficient (Wildman–Crippen LogP) is -2.56. The molecule has 1 aliphatic rings. The lowest BCUT2D eigenvalue weighted by Gasteiger charge is -2.34. The zero-order chi connectivity index (χ0) is 94.1. The fourth-order valence-corrected chi connectivity index (χ4v) is 14.5. The minimum atomic E-state index is -1.82. The Bertz CT molecular complexity index is 3620. The van der Waals surface area contributed by atoms with Crippen LogP contribution in [0.3, 0.4) is 0 Å². The molecule has 1 aromatic rings. The summed E-state index contributed by atoms with van der Waals surface area (Å²) in [5, 5.41) is 61.1. The summed E-state index contributed by atoms with van der Waals surface area (Å²) in [6, 6.07) is -17.9. The first kappa shape index (κ1) is 112. The first-order chi connectivity index (χ1) is 59.2. The number of hydrogen-bond donors (Lipinski definition) is 23. The Morgan fingerprint density at radius 2 is 0.952 bits per heavy atom. The molecular weight excluding hydrogens is 1660 g/mol. The normalized spacial score (nSPS) is 20.7. The summed E-state index contributed by atoms with van der Waals surface area (Å²) in [7, 11) is 0. The summed E-state index contributed by atoms with van der Waals surface area (Å²) in [6.45, 7) is 16.8. The fraction of sp³-hybridized carbons (Fsp3) is 0.747. The van der Waals surface area contributed by atoms with Gasteiger partial charge in [0.15, 0.2) is 0 Å².